The normalized spacial score (nSPS) is 67.3. The molecule has 108 valence electrons. The van der Waals surface area contributed by atoms with Gasteiger partial charge in [-0.2, -0.15) is 0 Å². The maximum Gasteiger partial charge on any atom is 0.465 e. The second-order valence-corrected chi connectivity index (χ2v) is 9.29. The Kier molecular flexibility index (Phi) is 1.46. The summed E-state index contributed by atoms with van der Waals surface area (Å²) in [4.78, 5) is 0. The summed E-state index contributed by atoms with van der Waals surface area (Å²) >= 11 is 0. The van der Waals surface area contributed by atoms with Gasteiger partial charge in [-0.15, -0.1) is 0 Å². The smallest absolute Gasteiger partial charge is 0.403 e. The Hall–Kier alpha value is -0.0551. The second-order valence-electron chi connectivity index (χ2n) is 9.29. The van der Waals surface area contributed by atoms with Crippen LogP contribution in [-0.2, 0) is 14.0 Å². The van der Waals surface area contributed by atoms with E-state index in [1.54, 1.807) is 0 Å². The summed E-state index contributed by atoms with van der Waals surface area (Å²) < 4.78 is 18.3. The highest BCUT2D eigenvalue weighted by Gasteiger charge is 3.11. The summed E-state index contributed by atoms with van der Waals surface area (Å²) in [6.45, 7) is 9.74. The van der Waals surface area contributed by atoms with E-state index in [2.05, 4.69) is 27.7 Å². The zero-order valence-electron chi connectivity index (χ0n) is 13.0. The fourth-order valence-corrected chi connectivity index (χ4v) is 7.89. The number of methoxy groups -OCH3 is 1. The van der Waals surface area contributed by atoms with E-state index in [1.807, 2.05) is 7.11 Å². The zero-order valence-corrected chi connectivity index (χ0v) is 13.0. The van der Waals surface area contributed by atoms with Crippen LogP contribution in [0.15, 0.2) is 0 Å². The van der Waals surface area contributed by atoms with Crippen molar-refractivity contribution in [2.45, 2.75) is 44.2 Å². The molecule has 1 heterocycles. The third-order valence-electron chi connectivity index (χ3n) is 8.97. The SMILES string of the molecule is COCC12C3C4C1C1C2C3C41B1OC(C)(C)C(C)(C)O1. The van der Waals surface area contributed by atoms with Gasteiger partial charge >= 0.3 is 7.12 Å². The Bertz CT molecular complexity index is 484. The number of hydrogen-bond acceptors (Lipinski definition) is 3. The fraction of sp³-hybridized carbons (Fsp3) is 1.00. The van der Waals surface area contributed by atoms with Crippen LogP contribution in [0.5, 0.6) is 0 Å². The van der Waals surface area contributed by atoms with E-state index in [0.717, 1.165) is 42.1 Å². The van der Waals surface area contributed by atoms with E-state index < -0.39 is 0 Å². The van der Waals surface area contributed by atoms with Crippen molar-refractivity contribution in [2.24, 2.45) is 40.9 Å². The Balaban J connectivity index is 1.31. The lowest BCUT2D eigenvalue weighted by Gasteiger charge is -3.11. The molecule has 3 nitrogen and oxygen atoms in total. The van der Waals surface area contributed by atoms with Crippen LogP contribution < -0.4 is 0 Å². The van der Waals surface area contributed by atoms with E-state index in [4.69, 9.17) is 14.0 Å². The molecule has 7 aliphatic rings. The predicted molar refractivity (Wildman–Crippen MR) is 74.0 cm³/mol. The Morgan fingerprint density at radius 2 is 1.30 bits per heavy atom. The lowest BCUT2D eigenvalue weighted by Crippen LogP contribution is -3.09. The fourth-order valence-electron chi connectivity index (χ4n) is 7.89. The molecule has 7 rings (SSSR count). The average molecular weight is 274 g/mol. The molecule has 7 fully saturated rings. The molecule has 1 aliphatic heterocycles. The first-order valence-corrected chi connectivity index (χ1v) is 8.20. The van der Waals surface area contributed by atoms with Gasteiger partial charge in [-0.25, -0.2) is 0 Å². The monoisotopic (exact) mass is 274 g/mol. The minimum atomic E-state index is -0.170. The lowest BCUT2D eigenvalue weighted by molar-refractivity contribution is -0.611. The first-order valence-electron chi connectivity index (χ1n) is 8.20. The summed E-state index contributed by atoms with van der Waals surface area (Å²) in [7, 11) is 1.93. The first kappa shape index (κ1) is 11.5. The van der Waals surface area contributed by atoms with Crippen molar-refractivity contribution in [1.29, 1.82) is 0 Å². The molecular formula is C16H23BO3. The van der Waals surface area contributed by atoms with Crippen LogP contribution in [0.4, 0.5) is 0 Å². The summed E-state index contributed by atoms with van der Waals surface area (Å²) in [6, 6.07) is 0. The van der Waals surface area contributed by atoms with E-state index in [0.29, 0.717) is 10.7 Å². The van der Waals surface area contributed by atoms with Crippen LogP contribution in [0.3, 0.4) is 0 Å². The van der Waals surface area contributed by atoms with Gasteiger partial charge in [-0.1, -0.05) is 0 Å². The van der Waals surface area contributed by atoms with Crippen molar-refractivity contribution in [1.82, 2.24) is 0 Å². The molecule has 0 spiro atoms. The molecular weight excluding hydrogens is 251 g/mol. The first-order chi connectivity index (χ1) is 9.35. The molecule has 0 unspecified atom stereocenters. The topological polar surface area (TPSA) is 27.7 Å². The lowest BCUT2D eigenvalue weighted by atomic mass is 8.88. The molecule has 0 aromatic heterocycles. The van der Waals surface area contributed by atoms with E-state index in [-0.39, 0.29) is 18.3 Å². The summed E-state index contributed by atoms with van der Waals surface area (Å²) in [5.74, 6) is 5.61. The van der Waals surface area contributed by atoms with Crippen LogP contribution in [0, 0.1) is 40.9 Å². The molecule has 0 atom stereocenters. The van der Waals surface area contributed by atoms with Crippen LogP contribution in [0.2, 0.25) is 5.31 Å². The molecule has 6 saturated carbocycles. The number of hydrogen-bond donors (Lipinski definition) is 0. The van der Waals surface area contributed by atoms with Crippen molar-refractivity contribution in [3.05, 3.63) is 0 Å². The average Bonchev–Trinajstić information content (AvgIpc) is 2.59. The third-order valence-corrected chi connectivity index (χ3v) is 8.97. The van der Waals surface area contributed by atoms with Gasteiger partial charge in [0, 0.05) is 17.8 Å². The van der Waals surface area contributed by atoms with Gasteiger partial charge in [0.05, 0.1) is 17.8 Å². The molecule has 0 N–H and O–H groups in total. The molecule has 0 amide bonds. The summed E-state index contributed by atoms with van der Waals surface area (Å²) in [6.07, 6.45) is 0. The van der Waals surface area contributed by atoms with Crippen molar-refractivity contribution in [3.63, 3.8) is 0 Å². The molecule has 1 saturated heterocycles. The molecule has 6 aliphatic carbocycles. The van der Waals surface area contributed by atoms with Crippen LogP contribution in [-0.4, -0.2) is 32.0 Å². The maximum absolute atomic E-state index is 6.41. The predicted octanol–water partition coefficient (Wildman–Crippen LogP) is 2.22. The van der Waals surface area contributed by atoms with Gasteiger partial charge < -0.3 is 14.0 Å². The minimum absolute atomic E-state index is 0.0668. The van der Waals surface area contributed by atoms with Gasteiger partial charge in [0.1, 0.15) is 0 Å². The Labute approximate surface area is 120 Å². The Morgan fingerprint density at radius 3 is 1.70 bits per heavy atom. The molecule has 0 bridgehead atoms. The minimum Gasteiger partial charge on any atom is -0.403 e. The molecule has 0 radical (unpaired) electrons. The summed E-state index contributed by atoms with van der Waals surface area (Å²) in [5, 5.41) is 0.431. The van der Waals surface area contributed by atoms with Crippen molar-refractivity contribution < 1.29 is 14.0 Å². The van der Waals surface area contributed by atoms with Crippen LogP contribution in [0.25, 0.3) is 0 Å². The van der Waals surface area contributed by atoms with Crippen molar-refractivity contribution >= 4 is 7.12 Å². The highest BCUT2D eigenvalue weighted by atomic mass is 16.7. The largest absolute Gasteiger partial charge is 0.465 e. The van der Waals surface area contributed by atoms with Crippen LogP contribution in [0.1, 0.15) is 27.7 Å². The van der Waals surface area contributed by atoms with Gasteiger partial charge in [0.2, 0.25) is 0 Å². The maximum atomic E-state index is 6.41. The van der Waals surface area contributed by atoms with Crippen molar-refractivity contribution in [3.8, 4) is 0 Å². The van der Waals surface area contributed by atoms with E-state index >= 15 is 0 Å². The number of ether oxygens (including phenoxy) is 1. The molecule has 20 heavy (non-hydrogen) atoms. The highest BCUT2D eigenvalue weighted by Crippen LogP contribution is 3.13. The second kappa shape index (κ2) is 2.55. The standard InChI is InChI=1S/C16H23BO3/c1-13(2)14(3,4)20-17(19-13)16-10-7-11(16)9-12(16)8(10)15(7,9)6-18-5/h7-12H,6H2,1-5H3. The van der Waals surface area contributed by atoms with Gasteiger partial charge in [0.25, 0.3) is 0 Å². The molecule has 4 heteroatoms. The summed E-state index contributed by atoms with van der Waals surface area (Å²) in [5.41, 5.74) is 0.286. The van der Waals surface area contributed by atoms with Gasteiger partial charge in [0.15, 0.2) is 0 Å². The quantitative estimate of drug-likeness (QED) is 0.738. The van der Waals surface area contributed by atoms with Crippen LogP contribution >= 0.6 is 0 Å². The number of rotatable bonds is 3. The zero-order chi connectivity index (χ0) is 13.9. The third kappa shape index (κ3) is 0.651. The van der Waals surface area contributed by atoms with E-state index in [1.165, 1.54) is 0 Å². The van der Waals surface area contributed by atoms with Gasteiger partial charge in [-0.3, -0.25) is 0 Å². The Morgan fingerprint density at radius 1 is 0.850 bits per heavy atom. The molecule has 0 aromatic carbocycles. The van der Waals surface area contributed by atoms with E-state index in [9.17, 15) is 0 Å². The van der Waals surface area contributed by atoms with Crippen molar-refractivity contribution in [2.75, 3.05) is 13.7 Å². The van der Waals surface area contributed by atoms with Gasteiger partial charge in [-0.05, 0) is 63.2 Å². The highest BCUT2D eigenvalue weighted by molar-refractivity contribution is 6.52. The molecule has 0 aromatic rings.